The van der Waals surface area contributed by atoms with Gasteiger partial charge in [0.15, 0.2) is 5.70 Å². The standard InChI is InChI=1S/C24H15Cl2NO5/c1-30-21-11-8-15(25)13-18(21)22-27-20(24(29)32-22)12-14-6-9-16(10-7-14)31-23(28)17-4-2-3-5-19(17)26/h2-13H,1H3/b20-12-. The van der Waals surface area contributed by atoms with Crippen molar-refractivity contribution in [1.29, 1.82) is 0 Å². The molecule has 0 radical (unpaired) electrons. The van der Waals surface area contributed by atoms with Crippen molar-refractivity contribution in [3.8, 4) is 11.5 Å². The molecule has 3 aromatic rings. The molecule has 160 valence electrons. The minimum Gasteiger partial charge on any atom is -0.496 e. The number of esters is 2. The maximum Gasteiger partial charge on any atom is 0.363 e. The Morgan fingerprint density at radius 3 is 2.50 bits per heavy atom. The van der Waals surface area contributed by atoms with Gasteiger partial charge in [0.25, 0.3) is 0 Å². The van der Waals surface area contributed by atoms with Gasteiger partial charge in [-0.1, -0.05) is 47.5 Å². The number of nitrogens with zero attached hydrogens (tertiary/aromatic N) is 1. The third kappa shape index (κ3) is 4.66. The quantitative estimate of drug-likeness (QED) is 0.278. The molecule has 0 bridgehead atoms. The van der Waals surface area contributed by atoms with Crippen molar-refractivity contribution < 1.29 is 23.8 Å². The molecular weight excluding hydrogens is 453 g/mol. The Kier molecular flexibility index (Phi) is 6.25. The molecule has 0 saturated heterocycles. The number of rotatable bonds is 5. The lowest BCUT2D eigenvalue weighted by molar-refractivity contribution is -0.129. The second-order valence-corrected chi connectivity index (χ2v) is 7.46. The number of cyclic esters (lactones) is 1. The first kappa shape index (κ1) is 21.6. The highest BCUT2D eigenvalue weighted by Crippen LogP contribution is 2.28. The third-order valence-electron chi connectivity index (χ3n) is 4.50. The minimum absolute atomic E-state index is 0.103. The number of hydrogen-bond donors (Lipinski definition) is 0. The van der Waals surface area contributed by atoms with E-state index in [2.05, 4.69) is 4.99 Å². The Balaban J connectivity index is 1.53. The van der Waals surface area contributed by atoms with Crippen LogP contribution in [0.5, 0.6) is 11.5 Å². The highest BCUT2D eigenvalue weighted by Gasteiger charge is 2.26. The van der Waals surface area contributed by atoms with Crippen LogP contribution < -0.4 is 9.47 Å². The van der Waals surface area contributed by atoms with Crippen LogP contribution in [0.25, 0.3) is 6.08 Å². The molecule has 3 aromatic carbocycles. The van der Waals surface area contributed by atoms with Crippen LogP contribution in [-0.2, 0) is 9.53 Å². The highest BCUT2D eigenvalue weighted by molar-refractivity contribution is 6.33. The number of aliphatic imine (C=N–C) groups is 1. The van der Waals surface area contributed by atoms with Gasteiger partial charge in [0.1, 0.15) is 11.5 Å². The fourth-order valence-electron chi connectivity index (χ4n) is 2.95. The molecule has 1 aliphatic rings. The van der Waals surface area contributed by atoms with Crippen LogP contribution in [0.3, 0.4) is 0 Å². The van der Waals surface area contributed by atoms with E-state index in [1.165, 1.54) is 7.11 Å². The van der Waals surface area contributed by atoms with Gasteiger partial charge in [0, 0.05) is 5.02 Å². The summed E-state index contributed by atoms with van der Waals surface area (Å²) >= 11 is 12.1. The average molecular weight is 468 g/mol. The second kappa shape index (κ2) is 9.26. The molecule has 1 heterocycles. The Labute approximate surface area is 193 Å². The van der Waals surface area contributed by atoms with E-state index in [1.54, 1.807) is 72.8 Å². The zero-order valence-electron chi connectivity index (χ0n) is 16.7. The van der Waals surface area contributed by atoms with Crippen LogP contribution in [0.2, 0.25) is 10.0 Å². The molecule has 32 heavy (non-hydrogen) atoms. The van der Waals surface area contributed by atoms with Crippen molar-refractivity contribution in [1.82, 2.24) is 0 Å². The summed E-state index contributed by atoms with van der Waals surface area (Å²) in [6.45, 7) is 0. The van der Waals surface area contributed by atoms with E-state index >= 15 is 0 Å². The highest BCUT2D eigenvalue weighted by atomic mass is 35.5. The lowest BCUT2D eigenvalue weighted by Gasteiger charge is -2.07. The normalized spacial score (nSPS) is 14.2. The topological polar surface area (TPSA) is 74.2 Å². The summed E-state index contributed by atoms with van der Waals surface area (Å²) in [5, 5.41) is 0.766. The predicted octanol–water partition coefficient (Wildman–Crippen LogP) is 5.57. The maximum absolute atomic E-state index is 12.3. The number of halogens is 2. The number of carbonyl (C=O) groups excluding carboxylic acids is 2. The van der Waals surface area contributed by atoms with Crippen LogP contribution >= 0.6 is 23.2 Å². The van der Waals surface area contributed by atoms with Gasteiger partial charge >= 0.3 is 11.9 Å². The van der Waals surface area contributed by atoms with E-state index in [-0.39, 0.29) is 17.2 Å². The summed E-state index contributed by atoms with van der Waals surface area (Å²) in [6.07, 6.45) is 1.56. The average Bonchev–Trinajstić information content (AvgIpc) is 3.15. The molecular formula is C24H15Cl2NO5. The van der Waals surface area contributed by atoms with Crippen molar-refractivity contribution in [3.63, 3.8) is 0 Å². The lowest BCUT2D eigenvalue weighted by atomic mass is 10.2. The lowest BCUT2D eigenvalue weighted by Crippen LogP contribution is -2.08. The van der Waals surface area contributed by atoms with E-state index < -0.39 is 11.9 Å². The summed E-state index contributed by atoms with van der Waals surface area (Å²) < 4.78 is 15.9. The van der Waals surface area contributed by atoms with Gasteiger partial charge in [-0.25, -0.2) is 14.6 Å². The van der Waals surface area contributed by atoms with E-state index in [0.717, 1.165) is 0 Å². The van der Waals surface area contributed by atoms with E-state index in [4.69, 9.17) is 37.4 Å². The first-order valence-corrected chi connectivity index (χ1v) is 10.1. The Morgan fingerprint density at radius 1 is 1.03 bits per heavy atom. The number of benzene rings is 3. The van der Waals surface area contributed by atoms with Gasteiger partial charge in [-0.3, -0.25) is 0 Å². The molecule has 6 nitrogen and oxygen atoms in total. The summed E-state index contributed by atoms with van der Waals surface area (Å²) in [5.41, 5.74) is 1.52. The van der Waals surface area contributed by atoms with E-state index in [1.807, 2.05) is 0 Å². The molecule has 0 aromatic heterocycles. The first-order valence-electron chi connectivity index (χ1n) is 9.38. The largest absolute Gasteiger partial charge is 0.496 e. The molecule has 0 saturated carbocycles. The van der Waals surface area contributed by atoms with Gasteiger partial charge in [-0.15, -0.1) is 0 Å². The fourth-order valence-corrected chi connectivity index (χ4v) is 3.34. The molecule has 0 amide bonds. The van der Waals surface area contributed by atoms with Crippen molar-refractivity contribution >= 4 is 47.1 Å². The van der Waals surface area contributed by atoms with Gasteiger partial charge in [-0.05, 0) is 54.1 Å². The van der Waals surface area contributed by atoms with Gasteiger partial charge in [0.05, 0.1) is 23.3 Å². The van der Waals surface area contributed by atoms with Crippen molar-refractivity contribution in [2.75, 3.05) is 7.11 Å². The third-order valence-corrected chi connectivity index (χ3v) is 5.06. The second-order valence-electron chi connectivity index (χ2n) is 6.62. The summed E-state index contributed by atoms with van der Waals surface area (Å²) in [5.74, 6) is -0.251. The SMILES string of the molecule is COc1ccc(Cl)cc1C1=N/C(=C\c2ccc(OC(=O)c3ccccc3Cl)cc2)C(=O)O1. The number of carbonyl (C=O) groups is 2. The van der Waals surface area contributed by atoms with E-state index in [9.17, 15) is 9.59 Å². The molecule has 0 atom stereocenters. The zero-order valence-corrected chi connectivity index (χ0v) is 18.2. The van der Waals surface area contributed by atoms with Crippen LogP contribution in [-0.4, -0.2) is 24.9 Å². The predicted molar refractivity (Wildman–Crippen MR) is 121 cm³/mol. The molecule has 4 rings (SSSR count). The molecule has 0 fully saturated rings. The minimum atomic E-state index is -0.601. The van der Waals surface area contributed by atoms with Crippen LogP contribution in [0.4, 0.5) is 0 Å². The number of ether oxygens (including phenoxy) is 3. The van der Waals surface area contributed by atoms with Gasteiger partial charge < -0.3 is 14.2 Å². The van der Waals surface area contributed by atoms with Crippen LogP contribution in [0.15, 0.2) is 77.4 Å². The molecule has 8 heteroatoms. The Bertz CT molecular complexity index is 1270. The van der Waals surface area contributed by atoms with Crippen LogP contribution in [0.1, 0.15) is 21.5 Å². The van der Waals surface area contributed by atoms with Gasteiger partial charge in [-0.2, -0.15) is 0 Å². The molecule has 1 aliphatic heterocycles. The van der Waals surface area contributed by atoms with Crippen LogP contribution in [0, 0.1) is 0 Å². The van der Waals surface area contributed by atoms with E-state index in [0.29, 0.717) is 32.7 Å². The van der Waals surface area contributed by atoms with Crippen molar-refractivity contribution in [2.45, 2.75) is 0 Å². The maximum atomic E-state index is 12.3. The van der Waals surface area contributed by atoms with Crippen molar-refractivity contribution in [3.05, 3.63) is 99.2 Å². The number of hydrogen-bond acceptors (Lipinski definition) is 6. The Hall–Kier alpha value is -3.61. The van der Waals surface area contributed by atoms with Gasteiger partial charge in [0.2, 0.25) is 5.90 Å². The summed E-state index contributed by atoms with van der Waals surface area (Å²) in [6, 6.07) is 18.1. The smallest absolute Gasteiger partial charge is 0.363 e. The first-order chi connectivity index (χ1) is 15.4. The Morgan fingerprint density at radius 2 is 1.78 bits per heavy atom. The monoisotopic (exact) mass is 467 g/mol. The summed E-state index contributed by atoms with van der Waals surface area (Å²) in [4.78, 5) is 28.8. The molecule has 0 aliphatic carbocycles. The zero-order chi connectivity index (χ0) is 22.7. The fraction of sp³-hybridized carbons (Fsp3) is 0.0417. The molecule has 0 spiro atoms. The van der Waals surface area contributed by atoms with Crippen molar-refractivity contribution in [2.24, 2.45) is 4.99 Å². The number of methoxy groups -OCH3 is 1. The molecule has 0 unspecified atom stereocenters. The summed E-state index contributed by atoms with van der Waals surface area (Å²) in [7, 11) is 1.50. The molecule has 0 N–H and O–H groups in total.